The number of carbonyl (C=O) groups is 1. The molecule has 0 fully saturated rings. The molecule has 94 valence electrons. The molecule has 0 radical (unpaired) electrons. The summed E-state index contributed by atoms with van der Waals surface area (Å²) in [5.41, 5.74) is 1.28. The van der Waals surface area contributed by atoms with E-state index in [1.165, 1.54) is 7.05 Å². The van der Waals surface area contributed by atoms with E-state index in [1.54, 1.807) is 38.4 Å². The van der Waals surface area contributed by atoms with Gasteiger partial charge >= 0.3 is 0 Å². The van der Waals surface area contributed by atoms with E-state index in [2.05, 4.69) is 10.6 Å². The fourth-order valence-electron chi connectivity index (χ4n) is 1.52. The van der Waals surface area contributed by atoms with E-state index in [1.807, 2.05) is 6.07 Å². The second kappa shape index (κ2) is 6.30. The number of ether oxygens (including phenoxy) is 1. The Morgan fingerprint density at radius 1 is 1.22 bits per heavy atom. The van der Waals surface area contributed by atoms with Gasteiger partial charge in [0.15, 0.2) is 0 Å². The van der Waals surface area contributed by atoms with Gasteiger partial charge in [-0.15, -0.1) is 0 Å². The molecule has 0 aliphatic heterocycles. The minimum atomic E-state index is -0.419. The molecule has 0 spiro atoms. The molecule has 18 heavy (non-hydrogen) atoms. The van der Waals surface area contributed by atoms with Gasteiger partial charge in [0.2, 0.25) is 0 Å². The molecule has 0 aliphatic rings. The van der Waals surface area contributed by atoms with Gasteiger partial charge in [-0.05, 0) is 29.8 Å². The lowest BCUT2D eigenvalue weighted by atomic mass is 10.1. The summed E-state index contributed by atoms with van der Waals surface area (Å²) in [5.74, 6) is 0.297. The van der Waals surface area contributed by atoms with Crippen LogP contribution in [0.15, 0.2) is 29.8 Å². The van der Waals surface area contributed by atoms with Gasteiger partial charge in [-0.2, -0.15) is 5.26 Å². The van der Waals surface area contributed by atoms with Crippen LogP contribution in [0.25, 0.3) is 5.70 Å². The number of benzene rings is 1. The monoisotopic (exact) mass is 245 g/mol. The van der Waals surface area contributed by atoms with Crippen molar-refractivity contribution < 1.29 is 9.53 Å². The maximum Gasteiger partial charge on any atom is 0.263 e. The van der Waals surface area contributed by atoms with E-state index in [4.69, 9.17) is 10.00 Å². The third-order valence-electron chi connectivity index (χ3n) is 2.44. The number of methoxy groups -OCH3 is 1. The van der Waals surface area contributed by atoms with Gasteiger partial charge in [0.05, 0.1) is 12.8 Å². The van der Waals surface area contributed by atoms with E-state index in [0.29, 0.717) is 11.4 Å². The van der Waals surface area contributed by atoms with Crippen molar-refractivity contribution in [2.45, 2.75) is 0 Å². The zero-order valence-corrected chi connectivity index (χ0v) is 10.6. The summed E-state index contributed by atoms with van der Waals surface area (Å²) in [6.45, 7) is 0. The van der Waals surface area contributed by atoms with Crippen LogP contribution < -0.4 is 15.4 Å². The fraction of sp³-hybridized carbons (Fsp3) is 0.231. The second-order valence-electron chi connectivity index (χ2n) is 3.42. The van der Waals surface area contributed by atoms with Crippen LogP contribution in [0.2, 0.25) is 0 Å². The van der Waals surface area contributed by atoms with Crippen LogP contribution in [-0.4, -0.2) is 27.1 Å². The van der Waals surface area contributed by atoms with Crippen molar-refractivity contribution in [1.82, 2.24) is 10.6 Å². The highest BCUT2D eigenvalue weighted by Gasteiger charge is 2.14. The lowest BCUT2D eigenvalue weighted by Gasteiger charge is -2.10. The molecule has 2 N–H and O–H groups in total. The van der Waals surface area contributed by atoms with Crippen LogP contribution in [0.4, 0.5) is 0 Å². The molecule has 0 aromatic heterocycles. The lowest BCUT2D eigenvalue weighted by Crippen LogP contribution is -2.23. The maximum atomic E-state index is 11.6. The standard InChI is InChI=1S/C13H15N3O2/c1-15-12(11(8-14)13(17)16-2)9-4-6-10(18-3)7-5-9/h4-7,15H,1-3H3,(H,16,17)/b12-11-. The van der Waals surface area contributed by atoms with Crippen LogP contribution in [-0.2, 0) is 4.79 Å². The predicted molar refractivity (Wildman–Crippen MR) is 68.7 cm³/mol. The Balaban J connectivity index is 3.26. The molecule has 5 heteroatoms. The number of hydrogen-bond acceptors (Lipinski definition) is 4. The molecule has 0 aliphatic carbocycles. The number of nitrogens with one attached hydrogen (secondary N) is 2. The Labute approximate surface area is 106 Å². The van der Waals surface area contributed by atoms with Crippen LogP contribution in [0, 0.1) is 11.3 Å². The molecule has 0 saturated heterocycles. The smallest absolute Gasteiger partial charge is 0.263 e. The highest BCUT2D eigenvalue weighted by Crippen LogP contribution is 2.19. The van der Waals surface area contributed by atoms with E-state index in [-0.39, 0.29) is 5.57 Å². The number of nitrogens with zero attached hydrogens (tertiary/aromatic N) is 1. The molecular formula is C13H15N3O2. The summed E-state index contributed by atoms with van der Waals surface area (Å²) in [4.78, 5) is 11.6. The number of nitriles is 1. The van der Waals surface area contributed by atoms with Gasteiger partial charge in [-0.25, -0.2) is 0 Å². The van der Waals surface area contributed by atoms with Gasteiger partial charge < -0.3 is 15.4 Å². The molecule has 1 aromatic carbocycles. The van der Waals surface area contributed by atoms with E-state index >= 15 is 0 Å². The van der Waals surface area contributed by atoms with Crippen molar-refractivity contribution in [2.24, 2.45) is 0 Å². The topological polar surface area (TPSA) is 74.2 Å². The van der Waals surface area contributed by atoms with Crippen LogP contribution in [0.1, 0.15) is 5.56 Å². The number of likely N-dealkylation sites (N-methyl/N-ethyl adjacent to an activating group) is 1. The molecule has 0 unspecified atom stereocenters. The summed E-state index contributed by atoms with van der Waals surface area (Å²) >= 11 is 0. The quantitative estimate of drug-likeness (QED) is 0.610. The normalized spacial score (nSPS) is 11.0. The van der Waals surface area contributed by atoms with Gasteiger partial charge in [-0.3, -0.25) is 4.79 Å². The Kier molecular flexibility index (Phi) is 4.76. The van der Waals surface area contributed by atoms with Gasteiger partial charge in [0, 0.05) is 14.1 Å². The third-order valence-corrected chi connectivity index (χ3v) is 2.44. The van der Waals surface area contributed by atoms with E-state index in [0.717, 1.165) is 5.56 Å². The second-order valence-corrected chi connectivity index (χ2v) is 3.42. The Morgan fingerprint density at radius 2 is 1.83 bits per heavy atom. The summed E-state index contributed by atoms with van der Waals surface area (Å²) in [6, 6.07) is 9.01. The largest absolute Gasteiger partial charge is 0.497 e. The number of rotatable bonds is 4. The van der Waals surface area contributed by atoms with Crippen molar-refractivity contribution >= 4 is 11.6 Å². The highest BCUT2D eigenvalue weighted by atomic mass is 16.5. The minimum absolute atomic E-state index is 0.0465. The zero-order valence-electron chi connectivity index (χ0n) is 10.6. The maximum absolute atomic E-state index is 11.6. The Hall–Kier alpha value is -2.48. The summed E-state index contributed by atoms with van der Waals surface area (Å²) in [7, 11) is 4.73. The first-order valence-corrected chi connectivity index (χ1v) is 5.36. The zero-order chi connectivity index (χ0) is 13.5. The highest BCUT2D eigenvalue weighted by molar-refractivity contribution is 6.04. The molecule has 1 aromatic rings. The van der Waals surface area contributed by atoms with Crippen molar-refractivity contribution in [3.8, 4) is 11.8 Å². The van der Waals surface area contributed by atoms with Crippen LogP contribution in [0.3, 0.4) is 0 Å². The summed E-state index contributed by atoms with van der Waals surface area (Å²) in [6.07, 6.45) is 0. The number of hydrogen-bond donors (Lipinski definition) is 2. The Bertz CT molecular complexity index is 498. The molecule has 0 bridgehead atoms. The van der Waals surface area contributed by atoms with Crippen LogP contribution >= 0.6 is 0 Å². The molecule has 0 saturated carbocycles. The molecule has 1 rings (SSSR count). The molecule has 1 amide bonds. The Morgan fingerprint density at radius 3 is 2.22 bits per heavy atom. The van der Waals surface area contributed by atoms with E-state index < -0.39 is 5.91 Å². The average Bonchev–Trinajstić information content (AvgIpc) is 2.44. The average molecular weight is 245 g/mol. The molecule has 5 nitrogen and oxygen atoms in total. The molecule has 0 heterocycles. The first-order chi connectivity index (χ1) is 8.67. The number of carbonyl (C=O) groups excluding carboxylic acids is 1. The fourth-order valence-corrected chi connectivity index (χ4v) is 1.52. The first kappa shape index (κ1) is 13.6. The van der Waals surface area contributed by atoms with Crippen molar-refractivity contribution in [1.29, 1.82) is 5.26 Å². The van der Waals surface area contributed by atoms with Crippen molar-refractivity contribution in [3.63, 3.8) is 0 Å². The number of amides is 1. The van der Waals surface area contributed by atoms with Crippen molar-refractivity contribution in [2.75, 3.05) is 21.2 Å². The van der Waals surface area contributed by atoms with Gasteiger partial charge in [0.25, 0.3) is 5.91 Å². The minimum Gasteiger partial charge on any atom is -0.497 e. The van der Waals surface area contributed by atoms with Gasteiger partial charge in [0.1, 0.15) is 17.4 Å². The SMILES string of the molecule is CNC(=O)/C(C#N)=C(\NC)c1ccc(OC)cc1. The molecular weight excluding hydrogens is 230 g/mol. The third kappa shape index (κ3) is 2.80. The van der Waals surface area contributed by atoms with Crippen molar-refractivity contribution in [3.05, 3.63) is 35.4 Å². The van der Waals surface area contributed by atoms with Crippen LogP contribution in [0.5, 0.6) is 5.75 Å². The lowest BCUT2D eigenvalue weighted by molar-refractivity contribution is -0.116. The molecule has 0 atom stereocenters. The summed E-state index contributed by atoms with van der Waals surface area (Å²) < 4.78 is 5.06. The first-order valence-electron chi connectivity index (χ1n) is 5.36. The predicted octanol–water partition coefficient (Wildman–Crippen LogP) is 0.895. The van der Waals surface area contributed by atoms with Gasteiger partial charge in [-0.1, -0.05) is 0 Å². The van der Waals surface area contributed by atoms with E-state index in [9.17, 15) is 4.79 Å². The summed E-state index contributed by atoms with van der Waals surface area (Å²) in [5, 5.41) is 14.4.